The van der Waals surface area contributed by atoms with Gasteiger partial charge in [-0.15, -0.1) is 0 Å². The zero-order valence-electron chi connectivity index (χ0n) is 39.8. The number of ether oxygens (including phenoxy) is 4. The quantitative estimate of drug-likeness (QED) is 0.111. The van der Waals surface area contributed by atoms with Crippen LogP contribution in [0.4, 0.5) is 0 Å². The van der Waals surface area contributed by atoms with Crippen molar-refractivity contribution < 1.29 is 52.8 Å². The van der Waals surface area contributed by atoms with Crippen LogP contribution in [-0.4, -0.2) is 116 Å². The lowest BCUT2D eigenvalue weighted by molar-refractivity contribution is -0.302. The average Bonchev–Trinajstić information content (AvgIpc) is 3.20. The summed E-state index contributed by atoms with van der Waals surface area (Å²) >= 11 is 0. The van der Waals surface area contributed by atoms with E-state index in [4.69, 9.17) is 23.4 Å². The number of nitrogens with zero attached hydrogens (tertiary/aromatic N) is 1. The highest BCUT2D eigenvalue weighted by molar-refractivity contribution is 6.74. The molecule has 1 saturated carbocycles. The minimum absolute atomic E-state index is 0.0188. The number of rotatable bonds is 7. The van der Waals surface area contributed by atoms with Crippen molar-refractivity contribution in [1.82, 2.24) is 4.90 Å². The van der Waals surface area contributed by atoms with Gasteiger partial charge in [0.1, 0.15) is 24.0 Å². The van der Waals surface area contributed by atoms with E-state index in [0.29, 0.717) is 64.2 Å². The van der Waals surface area contributed by atoms with Gasteiger partial charge in [-0.05, 0) is 126 Å². The summed E-state index contributed by atoms with van der Waals surface area (Å²) in [5, 5.41) is 23.4. The molecular weight excluding hydrogens is 795 g/mol. The van der Waals surface area contributed by atoms with Crippen LogP contribution in [0.5, 0.6) is 0 Å². The highest BCUT2D eigenvalue weighted by Gasteiger charge is 2.56. The van der Waals surface area contributed by atoms with Gasteiger partial charge in [0.05, 0.1) is 24.4 Å². The van der Waals surface area contributed by atoms with Crippen LogP contribution in [0.3, 0.4) is 0 Å². The summed E-state index contributed by atoms with van der Waals surface area (Å²) in [5.41, 5.74) is 1.90. The Balaban J connectivity index is 1.70. The molecule has 1 aliphatic carbocycles. The number of fused-ring (bicyclic) bond motifs is 3. The molecule has 0 aromatic carbocycles. The molecule has 4 rings (SSSR count). The van der Waals surface area contributed by atoms with Crippen LogP contribution >= 0.6 is 0 Å². The first kappa shape index (κ1) is 51.4. The minimum atomic E-state index is -2.47. The number of carbonyl (C=O) groups is 4. The Bertz CT molecular complexity index is 1590. The molecule has 3 heterocycles. The fourth-order valence-electron chi connectivity index (χ4n) is 9.84. The number of carbonyl (C=O) groups excluding carboxylic acids is 4. The van der Waals surface area contributed by atoms with Crippen molar-refractivity contribution in [3.05, 3.63) is 23.3 Å². The number of hydrogen-bond donors (Lipinski definition) is 2. The molecule has 0 aromatic rings. The molecule has 3 aliphatic heterocycles. The summed E-state index contributed by atoms with van der Waals surface area (Å²) in [6, 6.07) is -1.05. The van der Waals surface area contributed by atoms with Gasteiger partial charge >= 0.3 is 5.97 Å². The fourth-order valence-corrected chi connectivity index (χ4v) is 11.2. The van der Waals surface area contributed by atoms with Crippen LogP contribution in [0.25, 0.3) is 0 Å². The van der Waals surface area contributed by atoms with Crippen molar-refractivity contribution in [3.8, 4) is 0 Å². The molecule has 348 valence electrons. The molecule has 61 heavy (non-hydrogen) atoms. The number of ketones is 2. The third-order valence-corrected chi connectivity index (χ3v) is 19.2. The van der Waals surface area contributed by atoms with Gasteiger partial charge < -0.3 is 38.5 Å². The first-order valence-corrected chi connectivity index (χ1v) is 26.1. The molecule has 12 nitrogen and oxygen atoms in total. The first-order valence-electron chi connectivity index (χ1n) is 23.2. The van der Waals surface area contributed by atoms with Crippen LogP contribution in [0.2, 0.25) is 18.1 Å². The van der Waals surface area contributed by atoms with Gasteiger partial charge in [-0.2, -0.15) is 0 Å². The molecule has 4 aliphatic rings. The molecule has 13 atom stereocenters. The molecule has 1 amide bonds. The number of allylic oxidation sites excluding steroid dienone is 3. The largest absolute Gasteiger partial charge is 0.456 e. The van der Waals surface area contributed by atoms with Gasteiger partial charge in [-0.1, -0.05) is 66.2 Å². The Morgan fingerprint density at radius 2 is 1.62 bits per heavy atom. The molecule has 2 N–H and O–H groups in total. The van der Waals surface area contributed by atoms with Gasteiger partial charge in [-0.3, -0.25) is 14.4 Å². The normalized spacial score (nSPS) is 37.7. The van der Waals surface area contributed by atoms with Gasteiger partial charge in [0, 0.05) is 39.0 Å². The lowest BCUT2D eigenvalue weighted by Crippen LogP contribution is -2.64. The molecule has 3 fully saturated rings. The fraction of sp³-hybridized carbons (Fsp3) is 0.833. The maximum Gasteiger partial charge on any atom is 0.329 e. The Hall–Kier alpha value is -2.26. The van der Waals surface area contributed by atoms with E-state index >= 15 is 0 Å². The topological polar surface area (TPSA) is 158 Å². The monoisotopic (exact) mass is 876 g/mol. The van der Waals surface area contributed by atoms with E-state index in [9.17, 15) is 29.4 Å². The van der Waals surface area contributed by atoms with E-state index in [0.717, 1.165) is 17.6 Å². The van der Waals surface area contributed by atoms with E-state index in [1.807, 2.05) is 27.7 Å². The third-order valence-electron chi connectivity index (χ3n) is 14.7. The van der Waals surface area contributed by atoms with E-state index in [1.54, 1.807) is 21.1 Å². The number of amides is 1. The van der Waals surface area contributed by atoms with Crippen LogP contribution < -0.4 is 0 Å². The highest BCUT2D eigenvalue weighted by Crippen LogP contribution is 2.41. The second kappa shape index (κ2) is 21.6. The highest BCUT2D eigenvalue weighted by atomic mass is 28.4. The molecule has 2 saturated heterocycles. The summed E-state index contributed by atoms with van der Waals surface area (Å²) in [7, 11) is 1.02. The lowest BCUT2D eigenvalue weighted by atomic mass is 9.82. The molecule has 0 aromatic heterocycles. The number of methoxy groups -OCH3 is 2. The summed E-state index contributed by atoms with van der Waals surface area (Å²) in [6.07, 6.45) is 7.06. The molecule has 2 bridgehead atoms. The van der Waals surface area contributed by atoms with Gasteiger partial charge in [0.2, 0.25) is 5.79 Å². The molecule has 13 unspecified atom stereocenters. The zero-order chi connectivity index (χ0) is 45.6. The maximum absolute atomic E-state index is 14.4. The SMILES string of the molecule is CCC1C=C(C)CC(C)CC(OC)C2OC(O)(C(=O)C(=O)N3CCCCC3C(=O)OC(C(C)=CC3CCC(O[Si](C)(C)C(C)(C)C)C(O)C3)C(C)CCC1=O)C(C)CC2OC. The summed E-state index contributed by atoms with van der Waals surface area (Å²) < 4.78 is 31.1. The third kappa shape index (κ3) is 12.5. The molecular formula is C48H81NO11Si. The molecule has 0 radical (unpaired) electrons. The van der Waals surface area contributed by atoms with Crippen LogP contribution in [-0.2, 0) is 42.6 Å². The van der Waals surface area contributed by atoms with Crippen molar-refractivity contribution >= 4 is 31.8 Å². The van der Waals surface area contributed by atoms with Crippen molar-refractivity contribution in [2.45, 2.75) is 206 Å². The summed E-state index contributed by atoms with van der Waals surface area (Å²) in [4.78, 5) is 58.1. The smallest absolute Gasteiger partial charge is 0.329 e. The minimum Gasteiger partial charge on any atom is -0.456 e. The number of piperidine rings is 1. The van der Waals surface area contributed by atoms with Gasteiger partial charge in [0.25, 0.3) is 11.7 Å². The van der Waals surface area contributed by atoms with E-state index in [2.05, 4.69) is 52.9 Å². The van der Waals surface area contributed by atoms with E-state index in [1.165, 1.54) is 4.90 Å². The van der Waals surface area contributed by atoms with Gasteiger partial charge in [-0.25, -0.2) is 4.79 Å². The van der Waals surface area contributed by atoms with Crippen molar-refractivity contribution in [2.75, 3.05) is 20.8 Å². The van der Waals surface area contributed by atoms with Crippen LogP contribution in [0, 0.1) is 29.6 Å². The Morgan fingerprint density at radius 3 is 2.23 bits per heavy atom. The number of aliphatic hydroxyl groups excluding tert-OH is 1. The number of esters is 1. The summed E-state index contributed by atoms with van der Waals surface area (Å²) in [5.74, 6) is -6.29. The van der Waals surface area contributed by atoms with Crippen molar-refractivity contribution in [2.24, 2.45) is 29.6 Å². The number of Topliss-reactive ketones (excluding diaryl/α,β-unsaturated/α-hetero) is 2. The van der Waals surface area contributed by atoms with Crippen LogP contribution in [0.1, 0.15) is 139 Å². The number of cyclic esters (lactones) is 1. The summed E-state index contributed by atoms with van der Waals surface area (Å²) in [6.45, 7) is 22.9. The van der Waals surface area contributed by atoms with Crippen LogP contribution in [0.15, 0.2) is 23.3 Å². The molecule has 13 heteroatoms. The van der Waals surface area contributed by atoms with Gasteiger partial charge in [0.15, 0.2) is 8.32 Å². The zero-order valence-corrected chi connectivity index (χ0v) is 40.8. The van der Waals surface area contributed by atoms with Crippen molar-refractivity contribution in [3.63, 3.8) is 0 Å². The molecule has 0 spiro atoms. The Labute approximate surface area is 368 Å². The van der Waals surface area contributed by atoms with E-state index in [-0.39, 0.29) is 53.6 Å². The Kier molecular flexibility index (Phi) is 18.2. The Morgan fingerprint density at radius 1 is 0.967 bits per heavy atom. The lowest BCUT2D eigenvalue weighted by Gasteiger charge is -2.47. The predicted octanol–water partition coefficient (Wildman–Crippen LogP) is 7.88. The first-order chi connectivity index (χ1) is 28.5. The number of hydrogen-bond acceptors (Lipinski definition) is 11. The number of aliphatic hydroxyl groups is 2. The van der Waals surface area contributed by atoms with Crippen molar-refractivity contribution in [1.29, 1.82) is 0 Å². The second-order valence-electron chi connectivity index (χ2n) is 20.7. The predicted molar refractivity (Wildman–Crippen MR) is 238 cm³/mol. The average molecular weight is 876 g/mol. The standard InChI is InChI=1S/C48H81NO11Si/c1-14-35-24-29(2)23-30(3)25-40(56-10)43-41(57-11)27-33(6)48(55,59-43)44(52)45(53)49-22-16-15-17-36(49)46(54)58-42(31(4)18-20-37(35)50)32(5)26-34-19-21-39(38(51)28-34)60-61(12,13)47(7,8)9/h24,26,30-31,33-36,38-43,51,55H,14-23,25,27-28H2,1-13H3. The second-order valence-corrected chi connectivity index (χ2v) is 25.4. The van der Waals surface area contributed by atoms with E-state index < -0.39 is 74.2 Å². The maximum atomic E-state index is 14.4.